The summed E-state index contributed by atoms with van der Waals surface area (Å²) in [6.07, 6.45) is 8.30. The van der Waals surface area contributed by atoms with Crippen LogP contribution < -0.4 is 0 Å². The predicted octanol–water partition coefficient (Wildman–Crippen LogP) is 4.87. The molecule has 0 N–H and O–H groups in total. The molecule has 1 heterocycles. The number of aromatic nitrogens is 1. The number of aryl methyl sites for hydroxylation is 1. The SMILES string of the molecule is CCCCCCc1ccc(-c2ccccc2)cn1. The molecular weight excluding hydrogens is 218 g/mol. The molecule has 2 aromatic rings. The van der Waals surface area contributed by atoms with Crippen LogP contribution >= 0.6 is 0 Å². The van der Waals surface area contributed by atoms with Gasteiger partial charge >= 0.3 is 0 Å². The summed E-state index contributed by atoms with van der Waals surface area (Å²) in [5, 5.41) is 0. The Kier molecular flexibility index (Phi) is 4.95. The maximum absolute atomic E-state index is 4.55. The zero-order valence-electron chi connectivity index (χ0n) is 11.1. The van der Waals surface area contributed by atoms with Crippen LogP contribution in [-0.4, -0.2) is 4.98 Å². The van der Waals surface area contributed by atoms with E-state index in [1.165, 1.54) is 42.5 Å². The zero-order chi connectivity index (χ0) is 12.6. The highest BCUT2D eigenvalue weighted by molar-refractivity contribution is 5.62. The summed E-state index contributed by atoms with van der Waals surface area (Å²) in [4.78, 5) is 4.55. The lowest BCUT2D eigenvalue weighted by Crippen LogP contribution is -1.90. The highest BCUT2D eigenvalue weighted by Gasteiger charge is 1.98. The van der Waals surface area contributed by atoms with E-state index in [-0.39, 0.29) is 0 Å². The van der Waals surface area contributed by atoms with Crippen LogP contribution in [0.25, 0.3) is 11.1 Å². The third-order valence-corrected chi connectivity index (χ3v) is 3.22. The van der Waals surface area contributed by atoms with Gasteiger partial charge in [-0.2, -0.15) is 0 Å². The number of hydrogen-bond acceptors (Lipinski definition) is 1. The minimum absolute atomic E-state index is 1.11. The lowest BCUT2D eigenvalue weighted by molar-refractivity contribution is 0.661. The standard InChI is InChI=1S/C17H21N/c1-2-3-4-8-11-17-13-12-16(14-18-17)15-9-6-5-7-10-15/h5-7,9-10,12-14H,2-4,8,11H2,1H3. The second kappa shape index (κ2) is 6.95. The summed E-state index contributed by atoms with van der Waals surface area (Å²) in [6, 6.07) is 14.8. The Hall–Kier alpha value is -1.63. The molecule has 0 bridgehead atoms. The van der Waals surface area contributed by atoms with Crippen molar-refractivity contribution in [3.8, 4) is 11.1 Å². The summed E-state index contributed by atoms with van der Waals surface area (Å²) < 4.78 is 0. The van der Waals surface area contributed by atoms with Gasteiger partial charge in [0.15, 0.2) is 0 Å². The van der Waals surface area contributed by atoms with E-state index in [1.54, 1.807) is 0 Å². The van der Waals surface area contributed by atoms with E-state index in [9.17, 15) is 0 Å². The van der Waals surface area contributed by atoms with Crippen molar-refractivity contribution >= 4 is 0 Å². The quantitative estimate of drug-likeness (QED) is 0.655. The molecule has 0 radical (unpaired) electrons. The summed E-state index contributed by atoms with van der Waals surface area (Å²) in [7, 11) is 0. The van der Waals surface area contributed by atoms with E-state index >= 15 is 0 Å². The van der Waals surface area contributed by atoms with Gasteiger partial charge in [0.1, 0.15) is 0 Å². The molecule has 0 atom stereocenters. The predicted molar refractivity (Wildman–Crippen MR) is 77.5 cm³/mol. The average Bonchev–Trinajstić information content (AvgIpc) is 2.45. The van der Waals surface area contributed by atoms with Gasteiger partial charge in [-0.25, -0.2) is 0 Å². The normalized spacial score (nSPS) is 10.5. The highest BCUT2D eigenvalue weighted by atomic mass is 14.7. The summed E-state index contributed by atoms with van der Waals surface area (Å²) in [5.41, 5.74) is 3.65. The minimum Gasteiger partial charge on any atom is -0.261 e. The van der Waals surface area contributed by atoms with Crippen LogP contribution in [0.4, 0.5) is 0 Å². The molecule has 1 aromatic heterocycles. The van der Waals surface area contributed by atoms with Gasteiger partial charge in [-0.15, -0.1) is 0 Å². The minimum atomic E-state index is 1.11. The molecule has 0 saturated carbocycles. The maximum atomic E-state index is 4.55. The number of unbranched alkanes of at least 4 members (excludes halogenated alkanes) is 3. The van der Waals surface area contributed by atoms with Crippen LogP contribution in [0.15, 0.2) is 48.7 Å². The molecule has 1 aromatic carbocycles. The van der Waals surface area contributed by atoms with Gasteiger partial charge in [-0.05, 0) is 24.5 Å². The number of pyridine rings is 1. The van der Waals surface area contributed by atoms with Crippen molar-refractivity contribution in [2.75, 3.05) is 0 Å². The second-order valence-corrected chi connectivity index (χ2v) is 4.71. The molecule has 2 rings (SSSR count). The van der Waals surface area contributed by atoms with E-state index in [1.807, 2.05) is 12.3 Å². The van der Waals surface area contributed by atoms with Crippen LogP contribution in [0.1, 0.15) is 38.3 Å². The molecule has 0 unspecified atom stereocenters. The van der Waals surface area contributed by atoms with Gasteiger partial charge in [0.2, 0.25) is 0 Å². The average molecular weight is 239 g/mol. The molecule has 18 heavy (non-hydrogen) atoms. The Morgan fingerprint density at radius 2 is 1.67 bits per heavy atom. The maximum Gasteiger partial charge on any atom is 0.0404 e. The fourth-order valence-electron chi connectivity index (χ4n) is 2.11. The summed E-state index contributed by atoms with van der Waals surface area (Å²) in [5.74, 6) is 0. The van der Waals surface area contributed by atoms with Gasteiger partial charge in [0.05, 0.1) is 0 Å². The Balaban J connectivity index is 1.94. The zero-order valence-corrected chi connectivity index (χ0v) is 11.1. The molecular formula is C17H21N. The lowest BCUT2D eigenvalue weighted by Gasteiger charge is -2.03. The van der Waals surface area contributed by atoms with E-state index in [2.05, 4.69) is 48.3 Å². The summed E-state index contributed by atoms with van der Waals surface area (Å²) >= 11 is 0. The van der Waals surface area contributed by atoms with Crippen LogP contribution in [0.3, 0.4) is 0 Å². The first-order chi connectivity index (χ1) is 8.90. The lowest BCUT2D eigenvalue weighted by atomic mass is 10.1. The third kappa shape index (κ3) is 3.69. The van der Waals surface area contributed by atoms with Gasteiger partial charge in [-0.3, -0.25) is 4.98 Å². The van der Waals surface area contributed by atoms with E-state index in [0.717, 1.165) is 6.42 Å². The molecule has 0 saturated heterocycles. The number of hydrogen-bond donors (Lipinski definition) is 0. The Morgan fingerprint density at radius 3 is 2.33 bits per heavy atom. The van der Waals surface area contributed by atoms with Crippen molar-refractivity contribution in [1.82, 2.24) is 4.98 Å². The smallest absolute Gasteiger partial charge is 0.0404 e. The number of rotatable bonds is 6. The molecule has 1 heteroatoms. The van der Waals surface area contributed by atoms with Gasteiger partial charge in [0, 0.05) is 17.5 Å². The van der Waals surface area contributed by atoms with Crippen molar-refractivity contribution in [2.24, 2.45) is 0 Å². The molecule has 0 fully saturated rings. The van der Waals surface area contributed by atoms with Crippen LogP contribution in [0.2, 0.25) is 0 Å². The molecule has 94 valence electrons. The molecule has 0 aliphatic heterocycles. The number of nitrogens with zero attached hydrogens (tertiary/aromatic N) is 1. The van der Waals surface area contributed by atoms with E-state index in [4.69, 9.17) is 0 Å². The van der Waals surface area contributed by atoms with Gasteiger partial charge in [0.25, 0.3) is 0 Å². The van der Waals surface area contributed by atoms with Crippen LogP contribution in [0, 0.1) is 0 Å². The first-order valence-electron chi connectivity index (χ1n) is 6.90. The first-order valence-corrected chi connectivity index (χ1v) is 6.90. The molecule has 1 nitrogen and oxygen atoms in total. The monoisotopic (exact) mass is 239 g/mol. The van der Waals surface area contributed by atoms with E-state index < -0.39 is 0 Å². The van der Waals surface area contributed by atoms with Crippen molar-refractivity contribution in [3.63, 3.8) is 0 Å². The van der Waals surface area contributed by atoms with Crippen molar-refractivity contribution in [1.29, 1.82) is 0 Å². The van der Waals surface area contributed by atoms with Crippen molar-refractivity contribution in [3.05, 3.63) is 54.4 Å². The highest BCUT2D eigenvalue weighted by Crippen LogP contribution is 2.18. The Bertz CT molecular complexity index is 445. The Morgan fingerprint density at radius 1 is 0.833 bits per heavy atom. The molecule has 0 spiro atoms. The third-order valence-electron chi connectivity index (χ3n) is 3.22. The number of benzene rings is 1. The fourth-order valence-corrected chi connectivity index (χ4v) is 2.11. The van der Waals surface area contributed by atoms with E-state index in [0.29, 0.717) is 0 Å². The molecule has 0 aliphatic carbocycles. The molecule has 0 aliphatic rings. The van der Waals surface area contributed by atoms with Crippen molar-refractivity contribution < 1.29 is 0 Å². The van der Waals surface area contributed by atoms with Crippen LogP contribution in [0.5, 0.6) is 0 Å². The van der Waals surface area contributed by atoms with Crippen molar-refractivity contribution in [2.45, 2.75) is 39.0 Å². The van der Waals surface area contributed by atoms with Gasteiger partial charge < -0.3 is 0 Å². The Labute approximate surface area is 110 Å². The summed E-state index contributed by atoms with van der Waals surface area (Å²) in [6.45, 7) is 2.24. The van der Waals surface area contributed by atoms with Crippen LogP contribution in [-0.2, 0) is 6.42 Å². The largest absolute Gasteiger partial charge is 0.261 e. The molecule has 0 amide bonds. The topological polar surface area (TPSA) is 12.9 Å². The second-order valence-electron chi connectivity index (χ2n) is 4.71. The fraction of sp³-hybridized carbons (Fsp3) is 0.353. The first kappa shape index (κ1) is 12.8. The van der Waals surface area contributed by atoms with Gasteiger partial charge in [-0.1, -0.05) is 62.6 Å².